The van der Waals surface area contributed by atoms with Gasteiger partial charge in [-0.1, -0.05) is 0 Å². The number of hydrogen-bond acceptors (Lipinski definition) is 7. The van der Waals surface area contributed by atoms with Gasteiger partial charge in [0.15, 0.2) is 12.4 Å². The van der Waals surface area contributed by atoms with Gasteiger partial charge >= 0.3 is 0 Å². The molecule has 1 saturated heterocycles. The van der Waals surface area contributed by atoms with Gasteiger partial charge in [-0.3, -0.25) is 9.69 Å². The van der Waals surface area contributed by atoms with E-state index in [1.807, 2.05) is 6.92 Å². The first-order chi connectivity index (χ1) is 11.4. The minimum atomic E-state index is -1.39. The van der Waals surface area contributed by atoms with E-state index >= 15 is 0 Å². The Labute approximate surface area is 142 Å². The molecule has 3 heterocycles. The van der Waals surface area contributed by atoms with Crippen LogP contribution in [0.4, 0.5) is 5.82 Å². The van der Waals surface area contributed by atoms with Gasteiger partial charge in [-0.2, -0.15) is 0 Å². The molecule has 130 valence electrons. The standard InChI is InChI=1S/C14H19N5O4S/c1-7-4-17(18(2-3-20)11(7)16)5-8-6-24-13-9(15)12(21)19(13)10(8)14(22)23/h4,9,13,16,20H,2-3,5-6,15H2,1H3,(H,22,23)/t9-,13-/m1/s1. The molecule has 0 unspecified atom stereocenters. The number of carbonyl (C=O) groups is 2. The summed E-state index contributed by atoms with van der Waals surface area (Å²) >= 11 is 1.43. The quantitative estimate of drug-likeness (QED) is 0.376. The molecule has 3 rings (SSSR count). The van der Waals surface area contributed by atoms with Crippen molar-refractivity contribution in [3.63, 3.8) is 0 Å². The number of carboxylic acids is 1. The molecule has 0 aliphatic carbocycles. The Kier molecular flexibility index (Phi) is 4.28. The molecule has 1 fully saturated rings. The first kappa shape index (κ1) is 16.8. The zero-order valence-corrected chi connectivity index (χ0v) is 14.0. The third-order valence-corrected chi connectivity index (χ3v) is 5.64. The van der Waals surface area contributed by atoms with E-state index in [1.54, 1.807) is 15.6 Å². The summed E-state index contributed by atoms with van der Waals surface area (Å²) in [5.74, 6) is -0.860. The summed E-state index contributed by atoms with van der Waals surface area (Å²) in [4.78, 5) is 24.7. The van der Waals surface area contributed by atoms with Crippen LogP contribution in [0.5, 0.6) is 0 Å². The average molecular weight is 353 g/mol. The van der Waals surface area contributed by atoms with E-state index in [2.05, 4.69) is 0 Å². The molecule has 2 aliphatic heterocycles. The number of nitrogens with two attached hydrogens (primary N) is 2. The number of thioether (sulfide) groups is 1. The van der Waals surface area contributed by atoms with Crippen molar-refractivity contribution in [2.45, 2.75) is 31.4 Å². The Morgan fingerprint density at radius 1 is 1.58 bits per heavy atom. The lowest BCUT2D eigenvalue weighted by atomic mass is 10.0. The molecule has 0 saturated carbocycles. The molecule has 24 heavy (non-hydrogen) atoms. The predicted molar refractivity (Wildman–Crippen MR) is 84.0 cm³/mol. The summed E-state index contributed by atoms with van der Waals surface area (Å²) in [5.41, 5.74) is 13.0. The van der Waals surface area contributed by atoms with E-state index in [0.717, 1.165) is 5.56 Å². The molecule has 10 heteroatoms. The third kappa shape index (κ3) is 2.46. The number of amides is 1. The Bertz CT molecular complexity index is 744. The zero-order chi connectivity index (χ0) is 17.6. The Hall–Kier alpha value is -2.04. The van der Waals surface area contributed by atoms with Crippen molar-refractivity contribution in [3.05, 3.63) is 23.0 Å². The lowest BCUT2D eigenvalue weighted by Gasteiger charge is -2.49. The molecular formula is C14H19N5O4S. The number of nitrogens with zero attached hydrogens (tertiary/aromatic N) is 3. The predicted octanol–water partition coefficient (Wildman–Crippen LogP) is -3.10. The van der Waals surface area contributed by atoms with Crippen LogP contribution in [0.25, 0.3) is 0 Å². The van der Waals surface area contributed by atoms with Crippen LogP contribution in [0.1, 0.15) is 5.56 Å². The second kappa shape index (κ2) is 6.11. The first-order valence-electron chi connectivity index (χ1n) is 7.46. The topological polar surface area (TPSA) is 142 Å². The number of fused-ring (bicyclic) bond motifs is 1. The summed E-state index contributed by atoms with van der Waals surface area (Å²) < 4.78 is 3.42. The smallest absolute Gasteiger partial charge is 0.248 e. The summed E-state index contributed by atoms with van der Waals surface area (Å²) in [6.07, 6.45) is 1.78. The highest BCUT2D eigenvalue weighted by atomic mass is 32.2. The van der Waals surface area contributed by atoms with Gasteiger partial charge in [0.25, 0.3) is 0 Å². The largest absolute Gasteiger partial charge is 0.543 e. The number of aliphatic hydroxyl groups excluding tert-OH is 1. The van der Waals surface area contributed by atoms with Crippen LogP contribution in [0.2, 0.25) is 0 Å². The summed E-state index contributed by atoms with van der Waals surface area (Å²) in [6, 6.07) is -0.672. The molecule has 2 atom stereocenters. The van der Waals surface area contributed by atoms with Gasteiger partial charge in [0.05, 0.1) is 23.8 Å². The van der Waals surface area contributed by atoms with Gasteiger partial charge in [-0.05, 0) is 6.92 Å². The molecule has 0 spiro atoms. The monoisotopic (exact) mass is 353 g/mol. The Balaban J connectivity index is 1.98. The highest BCUT2D eigenvalue weighted by Crippen LogP contribution is 2.39. The van der Waals surface area contributed by atoms with Crippen LogP contribution in [0.15, 0.2) is 17.5 Å². The number of β-lactam (4-membered cyclic amide) rings is 1. The fourth-order valence-corrected chi connectivity index (χ4v) is 4.34. The van der Waals surface area contributed by atoms with Gasteiger partial charge in [-0.15, -0.1) is 21.1 Å². The van der Waals surface area contributed by atoms with Crippen LogP contribution in [0.3, 0.4) is 0 Å². The van der Waals surface area contributed by atoms with Crippen LogP contribution < -0.4 is 21.3 Å². The van der Waals surface area contributed by atoms with Crippen molar-refractivity contribution >= 4 is 29.5 Å². The number of aromatic nitrogens is 2. The van der Waals surface area contributed by atoms with Crippen LogP contribution in [-0.4, -0.2) is 50.3 Å². The van der Waals surface area contributed by atoms with Crippen LogP contribution >= 0.6 is 11.8 Å². The molecule has 9 nitrogen and oxygen atoms in total. The van der Waals surface area contributed by atoms with Gasteiger partial charge in [0.1, 0.15) is 18.0 Å². The average Bonchev–Trinajstić information content (AvgIpc) is 2.81. The van der Waals surface area contributed by atoms with Crippen molar-refractivity contribution < 1.29 is 24.5 Å². The maximum atomic E-state index is 11.9. The number of nitrogen functional groups attached to an aromatic ring is 1. The fraction of sp³-hybridized carbons (Fsp3) is 0.500. The molecule has 1 amide bonds. The molecule has 2 aliphatic rings. The van der Waals surface area contributed by atoms with Crippen molar-refractivity contribution in [2.75, 3.05) is 18.1 Å². The highest BCUT2D eigenvalue weighted by Gasteiger charge is 2.50. The third-order valence-electron chi connectivity index (χ3n) is 4.28. The SMILES string of the molecule is Cc1c[n+](CC2=C(C(=O)[O-])N3C(=O)[C@@H](N)[C@H]3SC2)n(CCO)c1N. The van der Waals surface area contributed by atoms with Crippen LogP contribution in [-0.2, 0) is 22.7 Å². The van der Waals surface area contributed by atoms with E-state index < -0.39 is 17.9 Å². The maximum absolute atomic E-state index is 11.9. The van der Waals surface area contributed by atoms with E-state index in [9.17, 15) is 19.8 Å². The van der Waals surface area contributed by atoms with Crippen molar-refractivity contribution in [1.82, 2.24) is 9.58 Å². The van der Waals surface area contributed by atoms with Crippen molar-refractivity contribution in [1.29, 1.82) is 0 Å². The number of carbonyl (C=O) groups excluding carboxylic acids is 2. The van der Waals surface area contributed by atoms with E-state index in [4.69, 9.17) is 11.5 Å². The minimum Gasteiger partial charge on any atom is -0.543 e. The molecule has 1 aromatic heterocycles. The first-order valence-corrected chi connectivity index (χ1v) is 8.51. The normalized spacial score (nSPS) is 23.3. The molecule has 0 aromatic carbocycles. The van der Waals surface area contributed by atoms with Crippen LogP contribution in [0, 0.1) is 6.92 Å². The van der Waals surface area contributed by atoms with Crippen molar-refractivity contribution in [3.8, 4) is 0 Å². The minimum absolute atomic E-state index is 0.0962. The molecular weight excluding hydrogens is 334 g/mol. The zero-order valence-electron chi connectivity index (χ0n) is 13.1. The number of aliphatic hydroxyl groups is 1. The van der Waals surface area contributed by atoms with E-state index in [1.165, 1.54) is 16.7 Å². The Morgan fingerprint density at radius 2 is 2.29 bits per heavy atom. The molecule has 0 bridgehead atoms. The van der Waals surface area contributed by atoms with E-state index in [0.29, 0.717) is 17.1 Å². The van der Waals surface area contributed by atoms with E-state index in [-0.39, 0.29) is 30.8 Å². The second-order valence-corrected chi connectivity index (χ2v) is 6.92. The van der Waals surface area contributed by atoms with Gasteiger partial charge < -0.3 is 26.5 Å². The maximum Gasteiger partial charge on any atom is 0.248 e. The summed E-state index contributed by atoms with van der Waals surface area (Å²) in [6.45, 7) is 2.26. The lowest BCUT2D eigenvalue weighted by Crippen LogP contribution is -2.69. The number of anilines is 1. The van der Waals surface area contributed by atoms with Gasteiger partial charge in [0, 0.05) is 11.3 Å². The lowest BCUT2D eigenvalue weighted by molar-refractivity contribution is -0.767. The molecule has 0 radical (unpaired) electrons. The summed E-state index contributed by atoms with van der Waals surface area (Å²) in [7, 11) is 0. The molecule has 1 aromatic rings. The fourth-order valence-electron chi connectivity index (χ4n) is 3.06. The van der Waals surface area contributed by atoms with Crippen molar-refractivity contribution in [2.24, 2.45) is 5.73 Å². The highest BCUT2D eigenvalue weighted by molar-refractivity contribution is 8.00. The number of aryl methyl sites for hydroxylation is 1. The number of hydrogen-bond donors (Lipinski definition) is 3. The number of aliphatic carboxylic acids is 1. The number of carboxylic acid groups (broad SMARTS) is 1. The molecule has 5 N–H and O–H groups in total. The Morgan fingerprint density at radius 3 is 2.92 bits per heavy atom. The van der Waals surface area contributed by atoms with Gasteiger partial charge in [-0.25, -0.2) is 0 Å². The summed E-state index contributed by atoms with van der Waals surface area (Å²) in [5, 5.41) is 20.4. The second-order valence-electron chi connectivity index (χ2n) is 5.82. The number of rotatable bonds is 5. The van der Waals surface area contributed by atoms with Gasteiger partial charge in [0.2, 0.25) is 12.1 Å².